The molecule has 0 aliphatic carbocycles. The van der Waals surface area contributed by atoms with E-state index in [1.165, 1.54) is 0 Å². The topological polar surface area (TPSA) is 93.1 Å². The quantitative estimate of drug-likeness (QED) is 0.600. The van der Waals surface area contributed by atoms with Gasteiger partial charge in [-0.15, -0.1) is 0 Å². The molecule has 0 saturated carbocycles. The van der Waals surface area contributed by atoms with Crippen LogP contribution in [0.25, 0.3) is 0 Å². The lowest BCUT2D eigenvalue weighted by Gasteiger charge is -2.27. The Labute approximate surface area is 140 Å². The summed E-state index contributed by atoms with van der Waals surface area (Å²) in [5.74, 6) is -0.538. The second-order valence-electron chi connectivity index (χ2n) is 6.04. The molecule has 1 amide bonds. The molecule has 1 atom stereocenters. The minimum Gasteiger partial charge on any atom is -0.422 e. The molecule has 0 spiro atoms. The molecule has 2 aliphatic heterocycles. The highest BCUT2D eigenvalue weighted by atomic mass is 32.2. The maximum atomic E-state index is 12.2. The molecule has 7 nitrogen and oxygen atoms in total. The third-order valence-electron chi connectivity index (χ3n) is 4.08. The van der Waals surface area contributed by atoms with Crippen molar-refractivity contribution in [3.8, 4) is 5.75 Å². The van der Waals surface area contributed by atoms with E-state index in [2.05, 4.69) is 5.10 Å². The maximum Gasteiger partial charge on any atom is 0.359 e. The zero-order valence-electron chi connectivity index (χ0n) is 13.3. The Hall–Kier alpha value is -2.22. The third-order valence-corrected chi connectivity index (χ3v) is 5.83. The van der Waals surface area contributed by atoms with E-state index in [1.807, 2.05) is 19.1 Å². The zero-order chi connectivity index (χ0) is 17.3. The Bertz CT molecular complexity index is 798. The minimum absolute atomic E-state index is 0.0418. The van der Waals surface area contributed by atoms with Crippen molar-refractivity contribution in [3.05, 3.63) is 29.8 Å². The van der Waals surface area contributed by atoms with Gasteiger partial charge in [-0.1, -0.05) is 17.7 Å². The smallest absolute Gasteiger partial charge is 0.359 e. The first-order valence-electron chi connectivity index (χ1n) is 7.73. The molecule has 24 heavy (non-hydrogen) atoms. The Morgan fingerprint density at radius 1 is 1.25 bits per heavy atom. The van der Waals surface area contributed by atoms with Crippen molar-refractivity contribution >= 4 is 27.4 Å². The van der Waals surface area contributed by atoms with Crippen LogP contribution in [0.1, 0.15) is 24.8 Å². The average molecular weight is 350 g/mol. The lowest BCUT2D eigenvalue weighted by atomic mass is 10.1. The van der Waals surface area contributed by atoms with Gasteiger partial charge in [0.25, 0.3) is 0 Å². The molecule has 0 unspecified atom stereocenters. The SMILES string of the molecule is Cc1ccc(OC(=O)C2=NN([C@@H]3CCS(=O)(=O)C3)C(=O)CC2)cc1. The van der Waals surface area contributed by atoms with Crippen molar-refractivity contribution in [2.24, 2.45) is 5.10 Å². The highest BCUT2D eigenvalue weighted by molar-refractivity contribution is 7.91. The number of amides is 1. The number of hydrazone groups is 1. The average Bonchev–Trinajstić information content (AvgIpc) is 2.90. The van der Waals surface area contributed by atoms with Crippen LogP contribution in [0.2, 0.25) is 0 Å². The summed E-state index contributed by atoms with van der Waals surface area (Å²) in [4.78, 5) is 24.3. The summed E-state index contributed by atoms with van der Waals surface area (Å²) in [5.41, 5.74) is 1.18. The van der Waals surface area contributed by atoms with E-state index >= 15 is 0 Å². The fourth-order valence-electron chi connectivity index (χ4n) is 2.74. The lowest BCUT2D eigenvalue weighted by Crippen LogP contribution is -2.42. The van der Waals surface area contributed by atoms with Crippen molar-refractivity contribution in [2.75, 3.05) is 11.5 Å². The van der Waals surface area contributed by atoms with E-state index in [9.17, 15) is 18.0 Å². The number of benzene rings is 1. The highest BCUT2D eigenvalue weighted by Gasteiger charge is 2.37. The molecule has 1 saturated heterocycles. The van der Waals surface area contributed by atoms with Crippen molar-refractivity contribution in [2.45, 2.75) is 32.2 Å². The van der Waals surface area contributed by atoms with Crippen molar-refractivity contribution in [1.82, 2.24) is 5.01 Å². The van der Waals surface area contributed by atoms with Crippen LogP contribution in [0.5, 0.6) is 5.75 Å². The van der Waals surface area contributed by atoms with E-state index in [1.54, 1.807) is 12.1 Å². The molecule has 0 aromatic heterocycles. The molecule has 0 bridgehead atoms. The highest BCUT2D eigenvalue weighted by Crippen LogP contribution is 2.22. The summed E-state index contributed by atoms with van der Waals surface area (Å²) < 4.78 is 28.5. The number of ether oxygens (including phenoxy) is 1. The molecule has 1 aromatic rings. The van der Waals surface area contributed by atoms with Gasteiger partial charge >= 0.3 is 5.97 Å². The van der Waals surface area contributed by atoms with Crippen LogP contribution < -0.4 is 4.74 Å². The monoisotopic (exact) mass is 350 g/mol. The number of nitrogens with zero attached hydrogens (tertiary/aromatic N) is 2. The lowest BCUT2D eigenvalue weighted by molar-refractivity contribution is -0.134. The van der Waals surface area contributed by atoms with Crippen LogP contribution in [-0.4, -0.2) is 48.6 Å². The molecular formula is C16H18N2O5S. The number of hydrogen-bond donors (Lipinski definition) is 0. The van der Waals surface area contributed by atoms with Crippen LogP contribution in [-0.2, 0) is 19.4 Å². The fourth-order valence-corrected chi connectivity index (χ4v) is 4.44. The number of sulfone groups is 1. The molecule has 0 radical (unpaired) electrons. The van der Waals surface area contributed by atoms with Gasteiger partial charge in [-0.3, -0.25) is 4.79 Å². The van der Waals surface area contributed by atoms with Gasteiger partial charge in [0.05, 0.1) is 17.5 Å². The van der Waals surface area contributed by atoms with Gasteiger partial charge in [-0.25, -0.2) is 18.2 Å². The molecule has 1 aromatic carbocycles. The summed E-state index contributed by atoms with van der Waals surface area (Å²) >= 11 is 0. The van der Waals surface area contributed by atoms with E-state index in [0.29, 0.717) is 12.2 Å². The fraction of sp³-hybridized carbons (Fsp3) is 0.438. The summed E-state index contributed by atoms with van der Waals surface area (Å²) in [6.07, 6.45) is 0.662. The summed E-state index contributed by atoms with van der Waals surface area (Å²) in [5, 5.41) is 5.24. The molecule has 8 heteroatoms. The molecule has 128 valence electrons. The largest absolute Gasteiger partial charge is 0.422 e. The maximum absolute atomic E-state index is 12.2. The first kappa shape index (κ1) is 16.6. The third kappa shape index (κ3) is 3.64. The van der Waals surface area contributed by atoms with E-state index in [-0.39, 0.29) is 36.0 Å². The molecule has 3 rings (SSSR count). The molecule has 2 heterocycles. The van der Waals surface area contributed by atoms with Crippen molar-refractivity contribution < 1.29 is 22.7 Å². The Morgan fingerprint density at radius 3 is 2.58 bits per heavy atom. The minimum atomic E-state index is -3.14. The number of carbonyl (C=O) groups is 2. The van der Waals surface area contributed by atoms with Gasteiger partial charge < -0.3 is 4.74 Å². The molecule has 1 fully saturated rings. The van der Waals surface area contributed by atoms with Gasteiger partial charge in [0.15, 0.2) is 9.84 Å². The van der Waals surface area contributed by atoms with E-state index in [4.69, 9.17) is 4.74 Å². The normalized spacial score (nSPS) is 23.0. The second kappa shape index (κ2) is 6.35. The predicted molar refractivity (Wildman–Crippen MR) is 87.4 cm³/mol. The number of aryl methyl sites for hydroxylation is 1. The predicted octanol–water partition coefficient (Wildman–Crippen LogP) is 1.07. The van der Waals surface area contributed by atoms with Gasteiger partial charge in [0.2, 0.25) is 5.91 Å². The van der Waals surface area contributed by atoms with Gasteiger partial charge in [-0.05, 0) is 25.5 Å². The number of hydrogen-bond acceptors (Lipinski definition) is 6. The zero-order valence-corrected chi connectivity index (χ0v) is 14.1. The van der Waals surface area contributed by atoms with E-state index < -0.39 is 21.8 Å². The first-order valence-corrected chi connectivity index (χ1v) is 9.55. The Balaban J connectivity index is 1.75. The summed E-state index contributed by atoms with van der Waals surface area (Å²) in [7, 11) is -3.14. The van der Waals surface area contributed by atoms with Crippen molar-refractivity contribution in [1.29, 1.82) is 0 Å². The van der Waals surface area contributed by atoms with Gasteiger partial charge in [-0.2, -0.15) is 5.10 Å². The Kier molecular flexibility index (Phi) is 4.40. The van der Waals surface area contributed by atoms with Crippen LogP contribution >= 0.6 is 0 Å². The first-order chi connectivity index (χ1) is 11.3. The molecule has 0 N–H and O–H groups in total. The Morgan fingerprint density at radius 2 is 1.96 bits per heavy atom. The van der Waals surface area contributed by atoms with Crippen LogP contribution in [0.4, 0.5) is 0 Å². The second-order valence-corrected chi connectivity index (χ2v) is 8.27. The number of carbonyl (C=O) groups excluding carboxylic acids is 2. The van der Waals surface area contributed by atoms with Crippen molar-refractivity contribution in [3.63, 3.8) is 0 Å². The van der Waals surface area contributed by atoms with Gasteiger partial charge in [0.1, 0.15) is 11.5 Å². The van der Waals surface area contributed by atoms with Crippen LogP contribution in [0.3, 0.4) is 0 Å². The summed E-state index contributed by atoms with van der Waals surface area (Å²) in [6.45, 7) is 1.93. The number of rotatable bonds is 3. The standard InChI is InChI=1S/C16H18N2O5S/c1-11-2-4-13(5-3-11)23-16(20)14-6-7-15(19)18(17-14)12-8-9-24(21,22)10-12/h2-5,12H,6-10H2,1H3/t12-/m1/s1. The molecular weight excluding hydrogens is 332 g/mol. The van der Waals surface area contributed by atoms with Gasteiger partial charge in [0, 0.05) is 12.8 Å². The van der Waals surface area contributed by atoms with Crippen LogP contribution in [0.15, 0.2) is 29.4 Å². The molecule has 2 aliphatic rings. The summed E-state index contributed by atoms with van der Waals surface area (Å²) in [6, 6.07) is 6.52. The number of esters is 1. The van der Waals surface area contributed by atoms with E-state index in [0.717, 1.165) is 10.6 Å². The van der Waals surface area contributed by atoms with Crippen LogP contribution in [0, 0.1) is 6.92 Å².